The lowest BCUT2D eigenvalue weighted by atomic mass is 9.94. The minimum Gasteiger partial charge on any atom is -0.303 e. The summed E-state index contributed by atoms with van der Waals surface area (Å²) in [6.07, 6.45) is -0.998. The largest absolute Gasteiger partial charge is 0.435 e. The maximum absolute atomic E-state index is 12.6. The van der Waals surface area contributed by atoms with Gasteiger partial charge in [0, 0.05) is 24.4 Å². The molecule has 1 aliphatic heterocycles. The number of aromatic nitrogens is 2. The fraction of sp³-hybridized carbons (Fsp3) is 0.769. The van der Waals surface area contributed by atoms with E-state index in [1.54, 1.807) is 0 Å². The highest BCUT2D eigenvalue weighted by Gasteiger charge is 2.35. The highest BCUT2D eigenvalue weighted by Crippen LogP contribution is 2.31. The van der Waals surface area contributed by atoms with Crippen molar-refractivity contribution in [3.05, 3.63) is 17.5 Å². The second-order valence-electron chi connectivity index (χ2n) is 5.83. The third kappa shape index (κ3) is 4.98. The van der Waals surface area contributed by atoms with Gasteiger partial charge < -0.3 is 4.90 Å². The summed E-state index contributed by atoms with van der Waals surface area (Å²) in [6.45, 7) is 2.12. The van der Waals surface area contributed by atoms with Crippen LogP contribution in [-0.2, 0) is 16.0 Å². The Kier molecular flexibility index (Phi) is 5.16. The number of piperidine rings is 1. The Hall–Kier alpha value is -1.09. The Balaban J connectivity index is 1.91. The van der Waals surface area contributed by atoms with E-state index < -0.39 is 21.7 Å². The summed E-state index contributed by atoms with van der Waals surface area (Å²) in [7, 11) is -2.97. The fourth-order valence-corrected chi connectivity index (χ4v) is 3.41. The number of alkyl halides is 3. The Labute approximate surface area is 127 Å². The van der Waals surface area contributed by atoms with Crippen LogP contribution in [0.15, 0.2) is 6.07 Å². The number of hydrogen-bond acceptors (Lipinski definition) is 4. The van der Waals surface area contributed by atoms with E-state index in [2.05, 4.69) is 15.1 Å². The van der Waals surface area contributed by atoms with E-state index in [0.717, 1.165) is 25.5 Å². The smallest absolute Gasteiger partial charge is 0.303 e. The summed E-state index contributed by atoms with van der Waals surface area (Å²) < 4.78 is 60.0. The fourth-order valence-electron chi connectivity index (χ4n) is 2.75. The van der Waals surface area contributed by atoms with Crippen LogP contribution in [0.25, 0.3) is 0 Å². The molecule has 1 aromatic rings. The van der Waals surface area contributed by atoms with Gasteiger partial charge in [-0.3, -0.25) is 5.10 Å². The molecule has 1 N–H and O–H groups in total. The van der Waals surface area contributed by atoms with E-state index in [9.17, 15) is 21.6 Å². The molecule has 9 heteroatoms. The van der Waals surface area contributed by atoms with Crippen LogP contribution in [0.5, 0.6) is 0 Å². The van der Waals surface area contributed by atoms with Gasteiger partial charge in [0.25, 0.3) is 0 Å². The van der Waals surface area contributed by atoms with Crippen molar-refractivity contribution >= 4 is 9.84 Å². The summed E-state index contributed by atoms with van der Waals surface area (Å²) in [5.74, 6) is 0.117. The predicted molar refractivity (Wildman–Crippen MR) is 76.3 cm³/mol. The van der Waals surface area contributed by atoms with Gasteiger partial charge in [-0.2, -0.15) is 18.3 Å². The summed E-state index contributed by atoms with van der Waals surface area (Å²) in [4.78, 5) is 2.10. The van der Waals surface area contributed by atoms with E-state index in [-0.39, 0.29) is 11.7 Å². The summed E-state index contributed by atoms with van der Waals surface area (Å²) >= 11 is 0. The van der Waals surface area contributed by atoms with Crippen LogP contribution in [0.4, 0.5) is 13.2 Å². The molecule has 2 rings (SSSR count). The second kappa shape index (κ2) is 6.57. The molecular weight excluding hydrogens is 319 g/mol. The number of halogens is 3. The molecule has 5 nitrogen and oxygen atoms in total. The molecule has 1 unspecified atom stereocenters. The van der Waals surface area contributed by atoms with Crippen molar-refractivity contribution < 1.29 is 21.6 Å². The molecule has 0 amide bonds. The van der Waals surface area contributed by atoms with E-state index in [1.165, 1.54) is 6.26 Å². The standard InChI is InChI=1S/C13H20F3N3O2S/c1-22(20,21)7-3-6-19-5-2-4-10(9-19)11-8-12(18-17-11)13(14,15)16/h8,10H,2-7,9H2,1H3,(H,17,18). The van der Waals surface area contributed by atoms with Crippen LogP contribution >= 0.6 is 0 Å². The Morgan fingerprint density at radius 2 is 2.18 bits per heavy atom. The summed E-state index contributed by atoms with van der Waals surface area (Å²) in [5.41, 5.74) is -0.392. The average Bonchev–Trinajstić information content (AvgIpc) is 2.87. The molecule has 126 valence electrons. The van der Waals surface area contributed by atoms with E-state index in [1.807, 2.05) is 0 Å². The average molecular weight is 339 g/mol. The molecule has 0 bridgehead atoms. The predicted octanol–water partition coefficient (Wildman–Crippen LogP) is 2.04. The second-order valence-corrected chi connectivity index (χ2v) is 8.09. The lowest BCUT2D eigenvalue weighted by Crippen LogP contribution is -2.35. The molecule has 0 saturated carbocycles. The zero-order chi connectivity index (χ0) is 16.4. The molecule has 1 atom stereocenters. The van der Waals surface area contributed by atoms with Crippen molar-refractivity contribution in [2.75, 3.05) is 31.6 Å². The summed E-state index contributed by atoms with van der Waals surface area (Å²) in [6, 6.07) is 1.07. The minimum atomic E-state index is -4.43. The van der Waals surface area contributed by atoms with E-state index in [4.69, 9.17) is 0 Å². The first-order chi connectivity index (χ1) is 10.1. The van der Waals surface area contributed by atoms with Crippen molar-refractivity contribution in [2.45, 2.75) is 31.4 Å². The molecule has 22 heavy (non-hydrogen) atoms. The number of nitrogens with one attached hydrogen (secondary N) is 1. The van der Waals surface area contributed by atoms with Gasteiger partial charge in [0.2, 0.25) is 0 Å². The molecule has 0 radical (unpaired) electrons. The van der Waals surface area contributed by atoms with E-state index >= 15 is 0 Å². The Morgan fingerprint density at radius 1 is 1.45 bits per heavy atom. The van der Waals surface area contributed by atoms with Gasteiger partial charge >= 0.3 is 6.18 Å². The third-order valence-corrected chi connectivity index (χ3v) is 4.85. The molecule has 0 aromatic carbocycles. The normalized spacial score (nSPS) is 21.2. The number of H-pyrrole nitrogens is 1. The molecule has 0 spiro atoms. The topological polar surface area (TPSA) is 66.1 Å². The maximum Gasteiger partial charge on any atom is 0.435 e. The monoisotopic (exact) mass is 339 g/mol. The van der Waals surface area contributed by atoms with Crippen LogP contribution in [0, 0.1) is 0 Å². The lowest BCUT2D eigenvalue weighted by Gasteiger charge is -2.32. The molecule has 0 aliphatic carbocycles. The molecule has 1 fully saturated rings. The van der Waals surface area contributed by atoms with Crippen LogP contribution in [0.1, 0.15) is 36.6 Å². The first kappa shape index (κ1) is 17.3. The van der Waals surface area contributed by atoms with Crippen LogP contribution in [0.3, 0.4) is 0 Å². The third-order valence-electron chi connectivity index (χ3n) is 3.82. The number of hydrogen-bond donors (Lipinski definition) is 1. The zero-order valence-corrected chi connectivity index (χ0v) is 13.2. The Bertz CT molecular complexity index is 598. The quantitative estimate of drug-likeness (QED) is 0.892. The number of sulfone groups is 1. The van der Waals surface area contributed by atoms with Gasteiger partial charge in [0.05, 0.1) is 5.75 Å². The molecule has 1 aliphatic rings. The molecule has 1 aromatic heterocycles. The lowest BCUT2D eigenvalue weighted by molar-refractivity contribution is -0.141. The van der Waals surface area contributed by atoms with Gasteiger partial charge in [0.1, 0.15) is 9.84 Å². The van der Waals surface area contributed by atoms with Crippen LogP contribution < -0.4 is 0 Å². The van der Waals surface area contributed by atoms with Crippen molar-refractivity contribution in [1.29, 1.82) is 0 Å². The van der Waals surface area contributed by atoms with Crippen LogP contribution in [0.2, 0.25) is 0 Å². The number of rotatable bonds is 5. The van der Waals surface area contributed by atoms with Gasteiger partial charge in [0.15, 0.2) is 5.69 Å². The number of nitrogens with zero attached hydrogens (tertiary/aromatic N) is 2. The SMILES string of the molecule is CS(=O)(=O)CCCN1CCCC(c2cc(C(F)(F)F)n[nH]2)C1. The zero-order valence-electron chi connectivity index (χ0n) is 12.4. The van der Waals surface area contributed by atoms with Gasteiger partial charge in [-0.25, -0.2) is 8.42 Å². The first-order valence-electron chi connectivity index (χ1n) is 7.18. The van der Waals surface area contributed by atoms with Crippen molar-refractivity contribution in [1.82, 2.24) is 15.1 Å². The van der Waals surface area contributed by atoms with Gasteiger partial charge in [-0.1, -0.05) is 0 Å². The number of aromatic amines is 1. The van der Waals surface area contributed by atoms with Crippen molar-refractivity contribution in [2.24, 2.45) is 0 Å². The summed E-state index contributed by atoms with van der Waals surface area (Å²) in [5, 5.41) is 5.82. The Morgan fingerprint density at radius 3 is 2.77 bits per heavy atom. The maximum atomic E-state index is 12.6. The van der Waals surface area contributed by atoms with E-state index in [0.29, 0.717) is 25.2 Å². The first-order valence-corrected chi connectivity index (χ1v) is 9.24. The highest BCUT2D eigenvalue weighted by molar-refractivity contribution is 7.90. The van der Waals surface area contributed by atoms with Gasteiger partial charge in [-0.15, -0.1) is 0 Å². The number of likely N-dealkylation sites (tertiary alicyclic amines) is 1. The van der Waals surface area contributed by atoms with Crippen LogP contribution in [-0.4, -0.2) is 55.2 Å². The van der Waals surface area contributed by atoms with Crippen molar-refractivity contribution in [3.63, 3.8) is 0 Å². The minimum absolute atomic E-state index is 0.0180. The van der Waals surface area contributed by atoms with Crippen molar-refractivity contribution in [3.8, 4) is 0 Å². The van der Waals surface area contributed by atoms with Gasteiger partial charge in [-0.05, 0) is 38.4 Å². The molecular formula is C13H20F3N3O2S. The highest BCUT2D eigenvalue weighted by atomic mass is 32.2. The molecule has 1 saturated heterocycles. The molecule has 2 heterocycles.